The summed E-state index contributed by atoms with van der Waals surface area (Å²) in [6.07, 6.45) is 1.29. The first-order chi connectivity index (χ1) is 10.5. The largest absolute Gasteiger partial charge is 0.399 e. The van der Waals surface area contributed by atoms with Crippen molar-refractivity contribution in [1.82, 2.24) is 5.43 Å². The van der Waals surface area contributed by atoms with E-state index in [9.17, 15) is 14.9 Å². The second kappa shape index (κ2) is 6.68. The number of rotatable bonds is 4. The Kier molecular flexibility index (Phi) is 4.70. The minimum atomic E-state index is -0.591. The molecule has 3 N–H and O–H groups in total. The van der Waals surface area contributed by atoms with E-state index in [0.717, 1.165) is 0 Å². The molecule has 2 rings (SSSR count). The zero-order valence-corrected chi connectivity index (χ0v) is 11.9. The summed E-state index contributed by atoms with van der Waals surface area (Å²) < 4.78 is 0. The van der Waals surface area contributed by atoms with E-state index in [1.54, 1.807) is 30.3 Å². The van der Waals surface area contributed by atoms with Gasteiger partial charge in [-0.25, -0.2) is 5.43 Å². The van der Waals surface area contributed by atoms with E-state index in [1.165, 1.54) is 18.3 Å². The average molecular weight is 319 g/mol. The van der Waals surface area contributed by atoms with Gasteiger partial charge in [0.2, 0.25) is 0 Å². The molecule has 0 spiro atoms. The Hall–Kier alpha value is -2.93. The first-order valence-corrected chi connectivity index (χ1v) is 6.48. The zero-order valence-electron chi connectivity index (χ0n) is 11.2. The number of hydrogen-bond donors (Lipinski definition) is 2. The van der Waals surface area contributed by atoms with E-state index in [0.29, 0.717) is 16.8 Å². The second-order valence-electron chi connectivity index (χ2n) is 4.29. The van der Waals surface area contributed by atoms with Crippen molar-refractivity contribution < 1.29 is 9.72 Å². The van der Waals surface area contributed by atoms with Crippen molar-refractivity contribution >= 4 is 35.1 Å². The maximum Gasteiger partial charge on any atom is 0.288 e. The lowest BCUT2D eigenvalue weighted by Crippen LogP contribution is -2.17. The van der Waals surface area contributed by atoms with Crippen molar-refractivity contribution in [3.8, 4) is 0 Å². The highest BCUT2D eigenvalue weighted by Crippen LogP contribution is 2.24. The molecule has 0 aromatic heterocycles. The van der Waals surface area contributed by atoms with Crippen LogP contribution < -0.4 is 11.2 Å². The van der Waals surface area contributed by atoms with Crippen molar-refractivity contribution in [2.75, 3.05) is 5.73 Å². The van der Waals surface area contributed by atoms with Gasteiger partial charge in [-0.1, -0.05) is 17.7 Å². The lowest BCUT2D eigenvalue weighted by molar-refractivity contribution is -0.384. The van der Waals surface area contributed by atoms with Gasteiger partial charge in [-0.3, -0.25) is 14.9 Å². The Morgan fingerprint density at radius 2 is 1.95 bits per heavy atom. The number of hydrogen-bond acceptors (Lipinski definition) is 5. The molecule has 0 heterocycles. The van der Waals surface area contributed by atoms with Crippen LogP contribution in [0.4, 0.5) is 11.4 Å². The smallest absolute Gasteiger partial charge is 0.288 e. The molecular weight excluding hydrogens is 308 g/mol. The number of benzene rings is 2. The van der Waals surface area contributed by atoms with Gasteiger partial charge in [0, 0.05) is 22.9 Å². The summed E-state index contributed by atoms with van der Waals surface area (Å²) in [5.41, 5.74) is 9.00. The molecule has 0 saturated heterocycles. The molecule has 0 bridgehead atoms. The van der Waals surface area contributed by atoms with Crippen LogP contribution in [-0.2, 0) is 0 Å². The number of nitrogens with zero attached hydrogens (tertiary/aromatic N) is 2. The minimum absolute atomic E-state index is 0.0352. The molecule has 1 amide bonds. The number of carbonyl (C=O) groups excluding carboxylic acids is 1. The summed E-state index contributed by atoms with van der Waals surface area (Å²) in [4.78, 5) is 22.0. The minimum Gasteiger partial charge on any atom is -0.399 e. The summed E-state index contributed by atoms with van der Waals surface area (Å²) in [7, 11) is 0. The highest BCUT2D eigenvalue weighted by Gasteiger charge is 2.11. The van der Waals surface area contributed by atoms with Crippen LogP contribution in [0.1, 0.15) is 15.9 Å². The molecule has 0 radical (unpaired) electrons. The van der Waals surface area contributed by atoms with Crippen LogP contribution >= 0.6 is 11.6 Å². The molecule has 8 heteroatoms. The number of carbonyl (C=O) groups is 1. The number of nitro benzene ring substituents is 1. The van der Waals surface area contributed by atoms with E-state index in [-0.39, 0.29) is 10.7 Å². The van der Waals surface area contributed by atoms with Gasteiger partial charge in [0.05, 0.1) is 11.1 Å². The van der Waals surface area contributed by atoms with Crippen molar-refractivity contribution in [2.24, 2.45) is 5.10 Å². The molecule has 0 aliphatic heterocycles. The first-order valence-electron chi connectivity index (χ1n) is 6.10. The zero-order chi connectivity index (χ0) is 16.1. The molecule has 0 saturated carbocycles. The van der Waals surface area contributed by atoms with Crippen LogP contribution in [0.3, 0.4) is 0 Å². The maximum absolute atomic E-state index is 11.8. The van der Waals surface area contributed by atoms with Crippen molar-refractivity contribution in [2.45, 2.75) is 0 Å². The third-order valence-corrected chi connectivity index (χ3v) is 3.04. The van der Waals surface area contributed by atoms with Crippen LogP contribution in [-0.4, -0.2) is 17.0 Å². The molecule has 0 aliphatic rings. The van der Waals surface area contributed by atoms with Gasteiger partial charge in [-0.15, -0.1) is 0 Å². The molecule has 0 atom stereocenters. The van der Waals surface area contributed by atoms with Crippen molar-refractivity contribution in [1.29, 1.82) is 0 Å². The Balaban J connectivity index is 2.06. The van der Waals surface area contributed by atoms with Crippen molar-refractivity contribution in [3.63, 3.8) is 0 Å². The SMILES string of the molecule is Nc1ccc(C(=O)N/N=C/c2ccc(Cl)c([N+](=O)[O-])c2)cc1. The Morgan fingerprint density at radius 3 is 2.59 bits per heavy atom. The van der Waals surface area contributed by atoms with Gasteiger partial charge in [0.15, 0.2) is 0 Å². The second-order valence-corrected chi connectivity index (χ2v) is 4.70. The van der Waals surface area contributed by atoms with E-state index < -0.39 is 10.8 Å². The number of nitro groups is 1. The van der Waals surface area contributed by atoms with E-state index >= 15 is 0 Å². The summed E-state index contributed by atoms with van der Waals surface area (Å²) in [6.45, 7) is 0. The molecule has 2 aromatic carbocycles. The molecule has 112 valence electrons. The fourth-order valence-electron chi connectivity index (χ4n) is 1.61. The summed E-state index contributed by atoms with van der Waals surface area (Å²) >= 11 is 5.70. The van der Waals surface area contributed by atoms with Gasteiger partial charge in [0.1, 0.15) is 5.02 Å². The fourth-order valence-corrected chi connectivity index (χ4v) is 1.80. The van der Waals surface area contributed by atoms with Crippen LogP contribution in [0.25, 0.3) is 0 Å². The third-order valence-electron chi connectivity index (χ3n) is 2.72. The number of nitrogen functional groups attached to an aromatic ring is 1. The van der Waals surface area contributed by atoms with Crippen LogP contribution in [0, 0.1) is 10.1 Å². The van der Waals surface area contributed by atoms with Gasteiger partial charge in [-0.2, -0.15) is 5.10 Å². The molecule has 7 nitrogen and oxygen atoms in total. The normalized spacial score (nSPS) is 10.6. The van der Waals surface area contributed by atoms with Crippen LogP contribution in [0.5, 0.6) is 0 Å². The summed E-state index contributed by atoms with van der Waals surface area (Å²) in [6, 6.07) is 10.5. The predicted molar refractivity (Wildman–Crippen MR) is 84.0 cm³/mol. The molecule has 0 unspecified atom stereocenters. The predicted octanol–water partition coefficient (Wildman–Crippen LogP) is 2.59. The maximum atomic E-state index is 11.8. The van der Waals surface area contributed by atoms with Gasteiger partial charge < -0.3 is 5.73 Å². The molecule has 2 aromatic rings. The third kappa shape index (κ3) is 3.80. The van der Waals surface area contributed by atoms with Crippen LogP contribution in [0.2, 0.25) is 5.02 Å². The van der Waals surface area contributed by atoms with E-state index in [4.69, 9.17) is 17.3 Å². The van der Waals surface area contributed by atoms with Gasteiger partial charge in [-0.05, 0) is 30.3 Å². The van der Waals surface area contributed by atoms with Crippen molar-refractivity contribution in [3.05, 3.63) is 68.7 Å². The monoisotopic (exact) mass is 318 g/mol. The summed E-state index contributed by atoms with van der Waals surface area (Å²) in [5.74, 6) is -0.417. The quantitative estimate of drug-likeness (QED) is 0.390. The van der Waals surface area contributed by atoms with E-state index in [1.807, 2.05) is 0 Å². The Morgan fingerprint density at radius 1 is 1.27 bits per heavy atom. The van der Waals surface area contributed by atoms with Gasteiger partial charge in [0.25, 0.3) is 11.6 Å². The summed E-state index contributed by atoms with van der Waals surface area (Å²) in [5, 5.41) is 14.5. The highest BCUT2D eigenvalue weighted by atomic mass is 35.5. The Labute approximate surface area is 130 Å². The highest BCUT2D eigenvalue weighted by molar-refractivity contribution is 6.32. The number of anilines is 1. The molecule has 22 heavy (non-hydrogen) atoms. The van der Waals surface area contributed by atoms with Crippen LogP contribution in [0.15, 0.2) is 47.6 Å². The standard InChI is InChI=1S/C14H11ClN4O3/c15-12-6-1-9(7-13(12)19(21)22)8-17-18-14(20)10-2-4-11(16)5-3-10/h1-8H,16H2,(H,18,20)/b17-8+. The van der Waals surface area contributed by atoms with E-state index in [2.05, 4.69) is 10.5 Å². The number of halogens is 1. The lowest BCUT2D eigenvalue weighted by atomic mass is 10.2. The van der Waals surface area contributed by atoms with Gasteiger partial charge >= 0.3 is 0 Å². The fraction of sp³-hybridized carbons (Fsp3) is 0. The number of amides is 1. The molecular formula is C14H11ClN4O3. The number of nitrogens with one attached hydrogen (secondary N) is 1. The molecule has 0 fully saturated rings. The number of hydrazone groups is 1. The lowest BCUT2D eigenvalue weighted by Gasteiger charge is -2.00. The topological polar surface area (TPSA) is 111 Å². The Bertz CT molecular complexity index is 744. The first kappa shape index (κ1) is 15.5. The number of nitrogens with two attached hydrogens (primary N) is 1. The average Bonchev–Trinajstić information content (AvgIpc) is 2.49. The molecule has 0 aliphatic carbocycles.